The van der Waals surface area contributed by atoms with E-state index in [2.05, 4.69) is 20.9 Å². The summed E-state index contributed by atoms with van der Waals surface area (Å²) in [5, 5.41) is 0. The molecule has 1 aliphatic carbocycles. The minimum Gasteiger partial charge on any atom is -0.316 e. The number of hydrogen-bond acceptors (Lipinski definition) is 5. The molecule has 2 aromatic heterocycles. The van der Waals surface area contributed by atoms with Gasteiger partial charge in [-0.25, -0.2) is 15.0 Å². The molecule has 0 spiro atoms. The molecule has 1 aliphatic heterocycles. The molecule has 1 fully saturated rings. The van der Waals surface area contributed by atoms with Crippen molar-refractivity contribution in [3.05, 3.63) is 46.8 Å². The third kappa shape index (κ3) is 2.62. The van der Waals surface area contributed by atoms with E-state index in [0.29, 0.717) is 23.3 Å². The van der Waals surface area contributed by atoms with Crippen LogP contribution in [0.25, 0.3) is 11.4 Å². The summed E-state index contributed by atoms with van der Waals surface area (Å²) >= 11 is 0. The van der Waals surface area contributed by atoms with E-state index in [0.717, 1.165) is 19.4 Å². The first kappa shape index (κ1) is 15.1. The number of nitrogens with zero attached hydrogens (tertiary/aromatic N) is 5. The van der Waals surface area contributed by atoms with Gasteiger partial charge in [-0.1, -0.05) is 6.08 Å². The van der Waals surface area contributed by atoms with Gasteiger partial charge in [-0.05, 0) is 44.1 Å². The Kier molecular flexibility index (Phi) is 3.88. The van der Waals surface area contributed by atoms with Gasteiger partial charge >= 0.3 is 0 Å². The largest absolute Gasteiger partial charge is 0.316 e. The predicted molar refractivity (Wildman–Crippen MR) is 92.5 cm³/mol. The van der Waals surface area contributed by atoms with Crippen LogP contribution in [0.2, 0.25) is 0 Å². The van der Waals surface area contributed by atoms with Crippen LogP contribution in [-0.2, 0) is 7.05 Å². The quantitative estimate of drug-likeness (QED) is 0.850. The third-order valence-corrected chi connectivity index (χ3v) is 4.97. The highest BCUT2D eigenvalue weighted by Crippen LogP contribution is 2.36. The fourth-order valence-corrected chi connectivity index (χ4v) is 3.73. The zero-order valence-electron chi connectivity index (χ0n) is 13.9. The van der Waals surface area contributed by atoms with Crippen molar-refractivity contribution in [3.63, 3.8) is 0 Å². The summed E-state index contributed by atoms with van der Waals surface area (Å²) in [4.78, 5) is 27.6. The highest BCUT2D eigenvalue weighted by molar-refractivity contribution is 5.56. The van der Waals surface area contributed by atoms with Crippen LogP contribution in [0, 0.1) is 5.92 Å². The number of anilines is 1. The molecule has 2 aliphatic rings. The number of hydrogen-bond donors (Lipinski definition) is 0. The van der Waals surface area contributed by atoms with Gasteiger partial charge in [0.15, 0.2) is 0 Å². The molecule has 0 bridgehead atoms. The second-order valence-corrected chi connectivity index (χ2v) is 6.48. The van der Waals surface area contributed by atoms with Crippen LogP contribution >= 0.6 is 0 Å². The molecule has 24 heavy (non-hydrogen) atoms. The smallest absolute Gasteiger partial charge is 0.255 e. The van der Waals surface area contributed by atoms with Gasteiger partial charge in [0, 0.05) is 31.6 Å². The van der Waals surface area contributed by atoms with Gasteiger partial charge in [-0.2, -0.15) is 0 Å². The second-order valence-electron chi connectivity index (χ2n) is 6.48. The molecule has 2 aromatic rings. The highest BCUT2D eigenvalue weighted by atomic mass is 16.1. The van der Waals surface area contributed by atoms with E-state index in [9.17, 15) is 4.79 Å². The van der Waals surface area contributed by atoms with E-state index in [4.69, 9.17) is 4.98 Å². The van der Waals surface area contributed by atoms with Crippen molar-refractivity contribution in [1.29, 1.82) is 0 Å². The van der Waals surface area contributed by atoms with E-state index in [-0.39, 0.29) is 5.56 Å². The SMILES string of the molecule is Cn1c(N2CCC[C@H]3CCCC=C32)nc(-c2ccncn2)cc1=O. The molecule has 0 amide bonds. The van der Waals surface area contributed by atoms with E-state index in [1.54, 1.807) is 29.9 Å². The molecule has 0 unspecified atom stereocenters. The van der Waals surface area contributed by atoms with Gasteiger partial charge in [0.1, 0.15) is 6.33 Å². The predicted octanol–water partition coefficient (Wildman–Crippen LogP) is 2.52. The molecule has 1 atom stereocenters. The first-order chi connectivity index (χ1) is 11.7. The van der Waals surface area contributed by atoms with Crippen LogP contribution in [0.3, 0.4) is 0 Å². The molecule has 0 aromatic carbocycles. The summed E-state index contributed by atoms with van der Waals surface area (Å²) in [5.74, 6) is 1.32. The summed E-state index contributed by atoms with van der Waals surface area (Å²) in [6.45, 7) is 0.913. The maximum atomic E-state index is 12.5. The van der Waals surface area contributed by atoms with Crippen molar-refractivity contribution in [1.82, 2.24) is 19.5 Å². The summed E-state index contributed by atoms with van der Waals surface area (Å²) in [7, 11) is 1.79. The van der Waals surface area contributed by atoms with Gasteiger partial charge in [-0.15, -0.1) is 0 Å². The van der Waals surface area contributed by atoms with Crippen molar-refractivity contribution in [2.24, 2.45) is 13.0 Å². The van der Waals surface area contributed by atoms with Crippen molar-refractivity contribution in [3.8, 4) is 11.4 Å². The van der Waals surface area contributed by atoms with Gasteiger partial charge in [0.25, 0.3) is 5.56 Å². The first-order valence-electron chi connectivity index (χ1n) is 8.56. The Morgan fingerprint density at radius 1 is 1.21 bits per heavy atom. The van der Waals surface area contributed by atoms with Crippen LogP contribution in [0.4, 0.5) is 5.95 Å². The average Bonchev–Trinajstić information content (AvgIpc) is 2.64. The fraction of sp³-hybridized carbons (Fsp3) is 0.444. The highest BCUT2D eigenvalue weighted by Gasteiger charge is 2.29. The topological polar surface area (TPSA) is 63.9 Å². The Morgan fingerprint density at radius 3 is 2.92 bits per heavy atom. The molecule has 6 nitrogen and oxygen atoms in total. The minimum absolute atomic E-state index is 0.0628. The van der Waals surface area contributed by atoms with Gasteiger partial charge in [0.2, 0.25) is 5.95 Å². The zero-order valence-corrected chi connectivity index (χ0v) is 13.9. The number of aromatic nitrogens is 4. The van der Waals surface area contributed by atoms with Crippen molar-refractivity contribution >= 4 is 5.95 Å². The van der Waals surface area contributed by atoms with E-state index < -0.39 is 0 Å². The molecule has 0 saturated carbocycles. The Hall–Kier alpha value is -2.50. The third-order valence-electron chi connectivity index (χ3n) is 4.97. The van der Waals surface area contributed by atoms with Crippen LogP contribution in [-0.4, -0.2) is 26.1 Å². The lowest BCUT2D eigenvalue weighted by Crippen LogP contribution is -2.38. The average molecular weight is 323 g/mol. The van der Waals surface area contributed by atoms with E-state index >= 15 is 0 Å². The molecule has 3 heterocycles. The second kappa shape index (κ2) is 6.19. The number of allylic oxidation sites excluding steroid dienone is 2. The normalized spacial score (nSPS) is 20.5. The molecule has 0 radical (unpaired) electrons. The Morgan fingerprint density at radius 2 is 2.08 bits per heavy atom. The first-order valence-corrected chi connectivity index (χ1v) is 8.56. The number of fused-ring (bicyclic) bond motifs is 1. The Balaban J connectivity index is 1.81. The Bertz CT molecular complexity index is 827. The van der Waals surface area contributed by atoms with Gasteiger partial charge < -0.3 is 4.90 Å². The zero-order chi connectivity index (χ0) is 16.5. The Labute approximate surface area is 140 Å². The van der Waals surface area contributed by atoms with Crippen molar-refractivity contribution in [2.75, 3.05) is 11.4 Å². The molecule has 0 N–H and O–H groups in total. The van der Waals surface area contributed by atoms with Crippen LogP contribution in [0.15, 0.2) is 41.2 Å². The van der Waals surface area contributed by atoms with Gasteiger partial charge in [0.05, 0.1) is 11.4 Å². The lowest BCUT2D eigenvalue weighted by Gasteiger charge is -2.39. The van der Waals surface area contributed by atoms with Crippen molar-refractivity contribution in [2.45, 2.75) is 32.1 Å². The molecule has 4 rings (SSSR count). The number of piperidine rings is 1. The fourth-order valence-electron chi connectivity index (χ4n) is 3.73. The van der Waals surface area contributed by atoms with Gasteiger partial charge in [-0.3, -0.25) is 9.36 Å². The lowest BCUT2D eigenvalue weighted by atomic mass is 9.85. The molecule has 124 valence electrons. The maximum Gasteiger partial charge on any atom is 0.255 e. The monoisotopic (exact) mass is 323 g/mol. The summed E-state index contributed by atoms with van der Waals surface area (Å²) < 4.78 is 1.64. The van der Waals surface area contributed by atoms with E-state index in [1.165, 1.54) is 31.3 Å². The standard InChI is InChI=1S/C18H21N5O/c1-22-17(24)11-15(14-8-9-19-12-20-14)21-18(22)23-10-4-6-13-5-2-3-7-16(13)23/h7-9,11-13H,2-6,10H2,1H3/t13-/m1/s1. The summed E-state index contributed by atoms with van der Waals surface area (Å²) in [5.41, 5.74) is 2.56. The molecule has 1 saturated heterocycles. The van der Waals surface area contributed by atoms with Crippen LogP contribution < -0.4 is 10.5 Å². The van der Waals surface area contributed by atoms with E-state index in [1.807, 2.05) is 0 Å². The lowest BCUT2D eigenvalue weighted by molar-refractivity contribution is 0.413. The van der Waals surface area contributed by atoms with Crippen LogP contribution in [0.5, 0.6) is 0 Å². The number of rotatable bonds is 2. The van der Waals surface area contributed by atoms with Crippen molar-refractivity contribution < 1.29 is 0 Å². The molecular weight excluding hydrogens is 302 g/mol. The van der Waals surface area contributed by atoms with Crippen LogP contribution in [0.1, 0.15) is 32.1 Å². The summed E-state index contributed by atoms with van der Waals surface area (Å²) in [6, 6.07) is 3.33. The molecular formula is C18H21N5O. The summed E-state index contributed by atoms with van der Waals surface area (Å²) in [6.07, 6.45) is 11.5. The molecule has 6 heteroatoms. The minimum atomic E-state index is -0.0628. The maximum absolute atomic E-state index is 12.5.